The normalized spacial score (nSPS) is 11.3. The average Bonchev–Trinajstić information content (AvgIpc) is 2.37. The van der Waals surface area contributed by atoms with Crippen LogP contribution in [-0.4, -0.2) is 16.4 Å². The summed E-state index contributed by atoms with van der Waals surface area (Å²) in [6.45, 7) is 16.5. The smallest absolute Gasteiger partial charge is 0.0638 e. The molecule has 0 bridgehead atoms. The van der Waals surface area contributed by atoms with Gasteiger partial charge in [-0.1, -0.05) is 41.5 Å². The van der Waals surface area contributed by atoms with Crippen LogP contribution in [0.1, 0.15) is 64.2 Å². The van der Waals surface area contributed by atoms with Crippen LogP contribution in [0, 0.1) is 13.8 Å². The largest absolute Gasteiger partial charge is 0.156 e. The minimum absolute atomic E-state index is 0.638. The van der Waals surface area contributed by atoms with Gasteiger partial charge in [-0.15, -0.1) is 8.58 Å². The first-order chi connectivity index (χ1) is 8.15. The molecule has 2 unspecified atom stereocenters. The minimum Gasteiger partial charge on any atom is -0.156 e. The molecule has 0 aliphatic rings. The number of nitrogens with zero attached hydrogens (tertiary/aromatic N) is 2. The molecule has 3 heteroatoms. The van der Waals surface area contributed by atoms with Crippen LogP contribution in [0.25, 0.3) is 0 Å². The second kappa shape index (κ2) is 12.0. The summed E-state index contributed by atoms with van der Waals surface area (Å²) in [6, 6.07) is 2.16. The quantitative estimate of drug-likeness (QED) is 0.718. The molecule has 0 saturated carbocycles. The van der Waals surface area contributed by atoms with E-state index in [0.29, 0.717) is 5.66 Å². The van der Waals surface area contributed by atoms with Crippen molar-refractivity contribution in [1.29, 1.82) is 0 Å². The molecular weight excluding hydrogens is 227 g/mol. The summed E-state index contributed by atoms with van der Waals surface area (Å²) < 4.78 is 0. The highest BCUT2D eigenvalue weighted by molar-refractivity contribution is 7.38. The monoisotopic (exact) mass is 256 g/mol. The molecule has 0 spiro atoms. The van der Waals surface area contributed by atoms with E-state index in [-0.39, 0.29) is 0 Å². The zero-order chi connectivity index (χ0) is 13.8. The van der Waals surface area contributed by atoms with Crippen molar-refractivity contribution in [3.05, 3.63) is 23.0 Å². The van der Waals surface area contributed by atoms with Gasteiger partial charge in [0.1, 0.15) is 0 Å². The zero-order valence-corrected chi connectivity index (χ0v) is 13.8. The zero-order valence-electron chi connectivity index (χ0n) is 12.8. The van der Waals surface area contributed by atoms with Gasteiger partial charge in [-0.3, -0.25) is 0 Å². The first-order valence-electron chi connectivity index (χ1n) is 6.69. The molecule has 0 amide bonds. The third-order valence-corrected chi connectivity index (χ3v) is 3.45. The van der Waals surface area contributed by atoms with Gasteiger partial charge in [-0.2, -0.15) is 10.2 Å². The van der Waals surface area contributed by atoms with Crippen LogP contribution in [0.5, 0.6) is 0 Å². The maximum atomic E-state index is 4.14. The second-order valence-corrected chi connectivity index (χ2v) is 5.29. The van der Waals surface area contributed by atoms with E-state index in [2.05, 4.69) is 30.1 Å². The van der Waals surface area contributed by atoms with E-state index < -0.39 is 0 Å². The summed E-state index contributed by atoms with van der Waals surface area (Å²) in [5, 5.41) is 8.17. The first-order valence-corrected chi connectivity index (χ1v) is 7.97. The van der Waals surface area contributed by atoms with Crippen molar-refractivity contribution in [2.24, 2.45) is 0 Å². The van der Waals surface area contributed by atoms with Gasteiger partial charge in [0.25, 0.3) is 0 Å². The van der Waals surface area contributed by atoms with Crippen LogP contribution in [-0.2, 0) is 0 Å². The molecule has 0 aromatic carbocycles. The fourth-order valence-corrected chi connectivity index (χ4v) is 2.55. The van der Waals surface area contributed by atoms with Crippen molar-refractivity contribution in [3.63, 3.8) is 0 Å². The first kappa shape index (κ1) is 18.9. The van der Waals surface area contributed by atoms with Gasteiger partial charge in [-0.05, 0) is 31.6 Å². The minimum atomic E-state index is 0.638. The Bertz CT molecular complexity index is 288. The summed E-state index contributed by atoms with van der Waals surface area (Å²) in [6.07, 6.45) is 1.25. The van der Waals surface area contributed by atoms with E-state index in [1.54, 1.807) is 0 Å². The molecule has 0 aliphatic carbocycles. The van der Waals surface area contributed by atoms with E-state index in [9.17, 15) is 0 Å². The summed E-state index contributed by atoms with van der Waals surface area (Å²) >= 11 is 0. The van der Waals surface area contributed by atoms with Crippen molar-refractivity contribution in [2.45, 2.75) is 61.0 Å². The average molecular weight is 256 g/mol. The van der Waals surface area contributed by atoms with Gasteiger partial charge < -0.3 is 0 Å². The number of hydrogen-bond acceptors (Lipinski definition) is 2. The van der Waals surface area contributed by atoms with Gasteiger partial charge in [0.05, 0.1) is 11.4 Å². The topological polar surface area (TPSA) is 25.8 Å². The lowest BCUT2D eigenvalue weighted by molar-refractivity contribution is 0.892. The highest BCUT2D eigenvalue weighted by atomic mass is 31.1. The number of hydrogen-bond donors (Lipinski definition) is 0. The molecule has 2 atom stereocenters. The van der Waals surface area contributed by atoms with Gasteiger partial charge in [0.2, 0.25) is 0 Å². The summed E-state index contributed by atoms with van der Waals surface area (Å²) in [7, 11) is 0.991. The van der Waals surface area contributed by atoms with Crippen LogP contribution in [0.3, 0.4) is 0 Å². The molecule has 17 heavy (non-hydrogen) atoms. The van der Waals surface area contributed by atoms with E-state index in [1.165, 1.54) is 11.7 Å². The molecule has 1 rings (SSSR count). The van der Waals surface area contributed by atoms with Gasteiger partial charge in [-0.25, -0.2) is 0 Å². The summed E-state index contributed by atoms with van der Waals surface area (Å²) in [5.41, 5.74) is 4.11. The van der Waals surface area contributed by atoms with Crippen LogP contribution in [0.4, 0.5) is 0 Å². The predicted molar refractivity (Wildman–Crippen MR) is 81.5 cm³/mol. The Kier molecular flexibility index (Phi) is 13.3. The van der Waals surface area contributed by atoms with Gasteiger partial charge in [0, 0.05) is 5.66 Å². The maximum Gasteiger partial charge on any atom is 0.0638 e. The SMILES string of the molecule is CC.CC.CCPC(C)c1cc(C)nnc1C. The molecular formula is C14H29N2P. The molecule has 0 radical (unpaired) electrons. The van der Waals surface area contributed by atoms with Crippen molar-refractivity contribution < 1.29 is 0 Å². The highest BCUT2D eigenvalue weighted by Crippen LogP contribution is 2.34. The molecule has 0 aliphatic heterocycles. The standard InChI is InChI=1S/C10H17N2P.2C2H6/c1-5-13-9(4)10-6-7(2)11-12-8(10)3;2*1-2/h6,9,13H,5H2,1-4H3;2*1-2H3. The molecule has 100 valence electrons. The van der Waals surface area contributed by atoms with Crippen LogP contribution < -0.4 is 0 Å². The van der Waals surface area contributed by atoms with E-state index in [4.69, 9.17) is 0 Å². The fourth-order valence-electron chi connectivity index (χ4n) is 1.42. The van der Waals surface area contributed by atoms with Crippen molar-refractivity contribution >= 4 is 8.58 Å². The van der Waals surface area contributed by atoms with Crippen molar-refractivity contribution in [2.75, 3.05) is 6.16 Å². The van der Waals surface area contributed by atoms with Crippen LogP contribution in [0.15, 0.2) is 6.07 Å². The van der Waals surface area contributed by atoms with Crippen molar-refractivity contribution in [1.82, 2.24) is 10.2 Å². The molecule has 0 saturated heterocycles. The Morgan fingerprint density at radius 2 is 1.65 bits per heavy atom. The molecule has 2 nitrogen and oxygen atoms in total. The van der Waals surface area contributed by atoms with Crippen molar-refractivity contribution in [3.8, 4) is 0 Å². The third-order valence-electron chi connectivity index (χ3n) is 2.12. The maximum absolute atomic E-state index is 4.14. The lowest BCUT2D eigenvalue weighted by atomic mass is 10.1. The van der Waals surface area contributed by atoms with Crippen LogP contribution in [0.2, 0.25) is 0 Å². The van der Waals surface area contributed by atoms with Gasteiger partial charge >= 0.3 is 0 Å². The number of rotatable bonds is 3. The van der Waals surface area contributed by atoms with E-state index >= 15 is 0 Å². The number of aryl methyl sites for hydroxylation is 2. The van der Waals surface area contributed by atoms with Crippen LogP contribution >= 0.6 is 8.58 Å². The Morgan fingerprint density at radius 1 is 1.12 bits per heavy atom. The molecule has 1 heterocycles. The molecule has 0 fully saturated rings. The lowest BCUT2D eigenvalue weighted by Crippen LogP contribution is -1.98. The molecule has 1 aromatic rings. The van der Waals surface area contributed by atoms with E-state index in [1.807, 2.05) is 41.5 Å². The highest BCUT2D eigenvalue weighted by Gasteiger charge is 2.08. The Morgan fingerprint density at radius 3 is 2.12 bits per heavy atom. The number of aromatic nitrogens is 2. The fraction of sp³-hybridized carbons (Fsp3) is 0.714. The van der Waals surface area contributed by atoms with E-state index in [0.717, 1.165) is 20.0 Å². The summed E-state index contributed by atoms with van der Waals surface area (Å²) in [4.78, 5) is 0. The Hall–Kier alpha value is -0.490. The van der Waals surface area contributed by atoms with Gasteiger partial charge in [0.15, 0.2) is 0 Å². The third kappa shape index (κ3) is 7.44. The molecule has 0 N–H and O–H groups in total. The lowest BCUT2D eigenvalue weighted by Gasteiger charge is -2.12. The Labute approximate surface area is 109 Å². The summed E-state index contributed by atoms with van der Waals surface area (Å²) in [5.74, 6) is 0. The Balaban J connectivity index is 0. The second-order valence-electron chi connectivity index (χ2n) is 3.31. The predicted octanol–water partition coefficient (Wildman–Crippen LogP) is 4.91. The molecule has 1 aromatic heterocycles.